The van der Waals surface area contributed by atoms with Crippen LogP contribution in [0.4, 0.5) is 8.78 Å². The minimum Gasteiger partial charge on any atom is -0.289 e. The lowest BCUT2D eigenvalue weighted by Gasteiger charge is -2.29. The van der Waals surface area contributed by atoms with Crippen molar-refractivity contribution >= 4 is 29.5 Å². The van der Waals surface area contributed by atoms with Gasteiger partial charge in [-0.15, -0.1) is 5.10 Å². The number of benzene rings is 3. The molecule has 1 aliphatic heterocycles. The van der Waals surface area contributed by atoms with Crippen LogP contribution in [0.3, 0.4) is 0 Å². The number of piperidine rings is 1. The van der Waals surface area contributed by atoms with Crippen LogP contribution in [0.25, 0.3) is 12.2 Å². The normalized spacial score (nSPS) is 16.6. The van der Waals surface area contributed by atoms with E-state index in [1.165, 1.54) is 12.1 Å². The van der Waals surface area contributed by atoms with E-state index >= 15 is 0 Å². The highest BCUT2D eigenvalue weighted by Crippen LogP contribution is 2.25. The maximum atomic E-state index is 14.4. The van der Waals surface area contributed by atoms with Crippen molar-refractivity contribution < 1.29 is 13.6 Å². The molecule has 1 fully saturated rings. The number of halogens is 3. The van der Waals surface area contributed by atoms with Crippen LogP contribution in [0.2, 0.25) is 5.02 Å². The van der Waals surface area contributed by atoms with Crippen LogP contribution in [0.5, 0.6) is 0 Å². The van der Waals surface area contributed by atoms with Crippen LogP contribution in [-0.2, 0) is 17.9 Å². The Morgan fingerprint density at radius 1 is 0.838 bits per heavy atom. The summed E-state index contributed by atoms with van der Waals surface area (Å²) in [6.45, 7) is 1.51. The van der Waals surface area contributed by atoms with E-state index in [0.717, 1.165) is 5.56 Å². The van der Waals surface area contributed by atoms with Crippen LogP contribution in [0.15, 0.2) is 90.1 Å². The van der Waals surface area contributed by atoms with Gasteiger partial charge in [-0.1, -0.05) is 65.3 Å². The van der Waals surface area contributed by atoms with E-state index in [1.807, 2.05) is 35.4 Å². The molecule has 3 aromatic carbocycles. The van der Waals surface area contributed by atoms with Gasteiger partial charge in [-0.3, -0.25) is 9.69 Å². The third kappa shape index (κ3) is 6.07. The topological polar surface area (TPSA) is 51.0 Å². The quantitative estimate of drug-likeness (QED) is 0.303. The summed E-state index contributed by atoms with van der Waals surface area (Å²) in [6, 6.07) is 20.1. The van der Waals surface area contributed by atoms with E-state index in [4.69, 9.17) is 11.6 Å². The molecule has 0 radical (unpaired) electrons. The number of hydrogen-bond acceptors (Lipinski definition) is 4. The molecule has 5 rings (SSSR count). The third-order valence-electron chi connectivity index (χ3n) is 6.05. The van der Waals surface area contributed by atoms with Crippen molar-refractivity contribution in [2.24, 2.45) is 0 Å². The standard InChI is InChI=1S/C29H23ClF2N4O/c30-25-9-5-6-20(12-25)15-36-19-26(33-34-36)18-35-16-23(13-21-7-1-3-10-27(21)31)29(37)24(17-35)14-22-8-2-4-11-28(22)32/h1-14,19H,15-18H2/b23-13+,24-14+. The predicted octanol–water partition coefficient (Wildman–Crippen LogP) is 5.81. The van der Waals surface area contributed by atoms with Gasteiger partial charge < -0.3 is 0 Å². The van der Waals surface area contributed by atoms with E-state index in [0.29, 0.717) is 59.2 Å². The van der Waals surface area contributed by atoms with Gasteiger partial charge in [-0.05, 0) is 42.0 Å². The van der Waals surface area contributed by atoms with Crippen LogP contribution in [0.1, 0.15) is 22.4 Å². The number of aromatic nitrogens is 3. The molecule has 186 valence electrons. The fourth-order valence-corrected chi connectivity index (χ4v) is 4.53. The van der Waals surface area contributed by atoms with Crippen molar-refractivity contribution in [3.05, 3.63) is 129 Å². The summed E-state index contributed by atoms with van der Waals surface area (Å²) in [5, 5.41) is 9.16. The third-order valence-corrected chi connectivity index (χ3v) is 6.28. The Hall–Kier alpha value is -3.94. The molecule has 2 heterocycles. The zero-order valence-corrected chi connectivity index (χ0v) is 20.6. The van der Waals surface area contributed by atoms with Crippen molar-refractivity contribution in [2.45, 2.75) is 13.1 Å². The molecule has 37 heavy (non-hydrogen) atoms. The Labute approximate surface area is 218 Å². The Kier molecular flexibility index (Phi) is 7.35. The SMILES string of the molecule is O=C1/C(=C/c2ccccc2F)CN(Cc2cn(Cc3cccc(Cl)c3)nn2)C/C1=C\c1ccccc1F. The number of nitrogens with zero attached hydrogens (tertiary/aromatic N) is 4. The first-order valence-corrected chi connectivity index (χ1v) is 12.1. The number of likely N-dealkylation sites (tertiary alicyclic amines) is 1. The van der Waals surface area contributed by atoms with Gasteiger partial charge in [0.1, 0.15) is 11.6 Å². The van der Waals surface area contributed by atoms with Crippen molar-refractivity contribution in [1.82, 2.24) is 19.9 Å². The second-order valence-corrected chi connectivity index (χ2v) is 9.33. The second-order valence-electron chi connectivity index (χ2n) is 8.89. The summed E-state index contributed by atoms with van der Waals surface area (Å²) in [7, 11) is 0. The fraction of sp³-hybridized carbons (Fsp3) is 0.138. The van der Waals surface area contributed by atoms with E-state index in [-0.39, 0.29) is 5.78 Å². The zero-order chi connectivity index (χ0) is 25.8. The molecule has 0 aliphatic carbocycles. The highest BCUT2D eigenvalue weighted by Gasteiger charge is 2.27. The average molecular weight is 517 g/mol. The summed E-state index contributed by atoms with van der Waals surface area (Å²) < 4.78 is 30.4. The maximum absolute atomic E-state index is 14.4. The molecule has 0 N–H and O–H groups in total. The van der Waals surface area contributed by atoms with Crippen LogP contribution >= 0.6 is 11.6 Å². The molecule has 0 atom stereocenters. The number of carbonyl (C=O) groups is 1. The molecule has 1 aliphatic rings. The summed E-state index contributed by atoms with van der Waals surface area (Å²) >= 11 is 6.08. The van der Waals surface area contributed by atoms with E-state index < -0.39 is 11.6 Å². The number of Topliss-reactive ketones (excluding diaryl/α,β-unsaturated/α-hetero) is 1. The van der Waals surface area contributed by atoms with E-state index in [2.05, 4.69) is 10.3 Å². The monoisotopic (exact) mass is 516 g/mol. The lowest BCUT2D eigenvalue weighted by molar-refractivity contribution is -0.113. The molecule has 0 saturated carbocycles. The van der Waals surface area contributed by atoms with Gasteiger partial charge in [0.15, 0.2) is 5.78 Å². The van der Waals surface area contributed by atoms with Crippen LogP contribution in [0, 0.1) is 11.6 Å². The molecule has 1 aromatic heterocycles. The summed E-state index contributed by atoms with van der Waals surface area (Å²) in [4.78, 5) is 15.3. The Morgan fingerprint density at radius 2 is 1.46 bits per heavy atom. The number of rotatable bonds is 6. The second kappa shape index (κ2) is 11.0. The van der Waals surface area contributed by atoms with Crippen molar-refractivity contribution in [2.75, 3.05) is 13.1 Å². The van der Waals surface area contributed by atoms with Gasteiger partial charge in [-0.2, -0.15) is 0 Å². The molecule has 8 heteroatoms. The molecule has 1 saturated heterocycles. The zero-order valence-electron chi connectivity index (χ0n) is 19.8. The largest absolute Gasteiger partial charge is 0.289 e. The van der Waals surface area contributed by atoms with Gasteiger partial charge in [-0.25, -0.2) is 13.5 Å². The highest BCUT2D eigenvalue weighted by atomic mass is 35.5. The first-order chi connectivity index (χ1) is 17.9. The van der Waals surface area contributed by atoms with Gasteiger partial charge in [0.25, 0.3) is 0 Å². The maximum Gasteiger partial charge on any atom is 0.187 e. The van der Waals surface area contributed by atoms with Gasteiger partial charge in [0.2, 0.25) is 0 Å². The molecule has 5 nitrogen and oxygen atoms in total. The van der Waals surface area contributed by atoms with Crippen LogP contribution in [-0.4, -0.2) is 38.8 Å². The minimum atomic E-state index is -0.413. The summed E-state index contributed by atoms with van der Waals surface area (Å²) in [5.74, 6) is -1.06. The average Bonchev–Trinajstić information content (AvgIpc) is 3.31. The molecule has 4 aromatic rings. The number of carbonyl (C=O) groups excluding carboxylic acids is 1. The molecular formula is C29H23ClF2N4O. The lowest BCUT2D eigenvalue weighted by atomic mass is 9.94. The lowest BCUT2D eigenvalue weighted by Crippen LogP contribution is -2.37. The van der Waals surface area contributed by atoms with Gasteiger partial charge in [0, 0.05) is 46.9 Å². The smallest absolute Gasteiger partial charge is 0.187 e. The highest BCUT2D eigenvalue weighted by molar-refractivity contribution is 6.30. The first kappa shape index (κ1) is 24.7. The Balaban J connectivity index is 1.42. The molecular weight excluding hydrogens is 494 g/mol. The van der Waals surface area contributed by atoms with Crippen molar-refractivity contribution in [1.29, 1.82) is 0 Å². The van der Waals surface area contributed by atoms with Crippen molar-refractivity contribution in [3.63, 3.8) is 0 Å². The molecule has 0 amide bonds. The molecule has 0 spiro atoms. The Bertz CT molecular complexity index is 1440. The first-order valence-electron chi connectivity index (χ1n) is 11.8. The summed E-state index contributed by atoms with van der Waals surface area (Å²) in [5.41, 5.74) is 3.20. The fourth-order valence-electron chi connectivity index (χ4n) is 4.32. The summed E-state index contributed by atoms with van der Waals surface area (Å²) in [6.07, 6.45) is 4.97. The van der Waals surface area contributed by atoms with Crippen LogP contribution < -0.4 is 0 Å². The minimum absolute atomic E-state index is 0.229. The van der Waals surface area contributed by atoms with Gasteiger partial charge >= 0.3 is 0 Å². The van der Waals surface area contributed by atoms with E-state index in [9.17, 15) is 13.6 Å². The number of hydrogen-bond donors (Lipinski definition) is 0. The predicted molar refractivity (Wildman–Crippen MR) is 140 cm³/mol. The molecule has 0 bridgehead atoms. The molecule has 0 unspecified atom stereocenters. The van der Waals surface area contributed by atoms with E-state index in [1.54, 1.807) is 53.2 Å². The number of ketones is 1. The Morgan fingerprint density at radius 3 is 2.05 bits per heavy atom. The van der Waals surface area contributed by atoms with Crippen molar-refractivity contribution in [3.8, 4) is 0 Å². The van der Waals surface area contributed by atoms with Gasteiger partial charge in [0.05, 0.1) is 18.4 Å².